The van der Waals surface area contributed by atoms with Crippen molar-refractivity contribution in [2.24, 2.45) is 0 Å². The van der Waals surface area contributed by atoms with Gasteiger partial charge >= 0.3 is 6.09 Å². The Balaban J connectivity index is 2.12. The largest absolute Gasteiger partial charge is 0.496 e. The van der Waals surface area contributed by atoms with E-state index in [2.05, 4.69) is 15.9 Å². The van der Waals surface area contributed by atoms with Gasteiger partial charge in [0.25, 0.3) is 0 Å². The van der Waals surface area contributed by atoms with Crippen molar-refractivity contribution in [3.8, 4) is 5.75 Å². The lowest BCUT2D eigenvalue weighted by molar-refractivity contribution is 0.0559. The minimum atomic E-state index is -0.659. The molecule has 1 unspecified atom stereocenters. The average molecular weight is 436 g/mol. The number of methoxy groups -OCH3 is 1. The van der Waals surface area contributed by atoms with Gasteiger partial charge in [0.15, 0.2) is 0 Å². The van der Waals surface area contributed by atoms with Crippen molar-refractivity contribution in [1.29, 1.82) is 0 Å². The Morgan fingerprint density at radius 1 is 1.26 bits per heavy atom. The number of para-hydroxylation sites is 1. The Morgan fingerprint density at radius 3 is 2.63 bits per heavy atom. The molecule has 0 saturated carbocycles. The third kappa shape index (κ3) is 4.10. The number of rotatable bonds is 2. The Bertz CT molecular complexity index is 863. The topological polar surface area (TPSA) is 38.8 Å². The maximum absolute atomic E-state index is 14.3. The zero-order valence-electron chi connectivity index (χ0n) is 15.9. The molecule has 0 bridgehead atoms. The lowest BCUT2D eigenvalue weighted by atomic mass is 9.91. The van der Waals surface area contributed by atoms with Gasteiger partial charge in [-0.2, -0.15) is 0 Å². The zero-order valence-corrected chi connectivity index (χ0v) is 17.5. The summed E-state index contributed by atoms with van der Waals surface area (Å²) in [7, 11) is 1.60. The van der Waals surface area contributed by atoms with Crippen LogP contribution in [0.1, 0.15) is 44.4 Å². The molecule has 27 heavy (non-hydrogen) atoms. The molecule has 1 atom stereocenters. The summed E-state index contributed by atoms with van der Waals surface area (Å²) in [6.07, 6.45) is 0.905. The molecule has 4 nitrogen and oxygen atoms in total. The van der Waals surface area contributed by atoms with Crippen molar-refractivity contribution >= 4 is 27.7 Å². The van der Waals surface area contributed by atoms with Crippen molar-refractivity contribution in [3.63, 3.8) is 0 Å². The molecule has 1 aliphatic heterocycles. The van der Waals surface area contributed by atoms with Gasteiger partial charge in [-0.15, -0.1) is 0 Å². The lowest BCUT2D eigenvalue weighted by Crippen LogP contribution is -2.42. The summed E-state index contributed by atoms with van der Waals surface area (Å²) >= 11 is 3.23. The van der Waals surface area contributed by atoms with Gasteiger partial charge in [0.2, 0.25) is 0 Å². The quantitative estimate of drug-likeness (QED) is 0.578. The number of aryl methyl sites for hydroxylation is 1. The second-order valence-electron chi connectivity index (χ2n) is 7.54. The molecule has 2 aromatic carbocycles. The van der Waals surface area contributed by atoms with Gasteiger partial charge in [-0.05, 0) is 73.3 Å². The van der Waals surface area contributed by atoms with Crippen LogP contribution in [-0.4, -0.2) is 18.8 Å². The predicted molar refractivity (Wildman–Crippen MR) is 107 cm³/mol. The first-order valence-electron chi connectivity index (χ1n) is 8.84. The van der Waals surface area contributed by atoms with Gasteiger partial charge in [0.05, 0.1) is 23.3 Å². The van der Waals surface area contributed by atoms with Gasteiger partial charge in [0, 0.05) is 5.56 Å². The summed E-state index contributed by atoms with van der Waals surface area (Å²) < 4.78 is 25.8. The molecule has 0 saturated heterocycles. The number of nitrogens with zero attached hydrogens (tertiary/aromatic N) is 1. The van der Waals surface area contributed by atoms with Crippen LogP contribution in [0.15, 0.2) is 40.9 Å². The molecule has 1 aliphatic rings. The van der Waals surface area contributed by atoms with Crippen molar-refractivity contribution in [2.75, 3.05) is 12.0 Å². The van der Waals surface area contributed by atoms with Crippen molar-refractivity contribution in [2.45, 2.75) is 45.3 Å². The highest BCUT2D eigenvalue weighted by molar-refractivity contribution is 9.10. The highest BCUT2D eigenvalue weighted by atomic mass is 79.9. The summed E-state index contributed by atoms with van der Waals surface area (Å²) in [4.78, 5) is 14.6. The Morgan fingerprint density at radius 2 is 1.96 bits per heavy atom. The lowest BCUT2D eigenvalue weighted by Gasteiger charge is -2.38. The number of benzene rings is 2. The van der Waals surface area contributed by atoms with E-state index in [0.29, 0.717) is 22.3 Å². The first-order chi connectivity index (χ1) is 12.7. The summed E-state index contributed by atoms with van der Waals surface area (Å²) in [5.41, 5.74) is 1.65. The van der Waals surface area contributed by atoms with Crippen molar-refractivity contribution < 1.29 is 18.7 Å². The molecule has 0 spiro atoms. The molecule has 0 aliphatic carbocycles. The predicted octanol–water partition coefficient (Wildman–Crippen LogP) is 6.03. The van der Waals surface area contributed by atoms with Crippen LogP contribution >= 0.6 is 15.9 Å². The summed E-state index contributed by atoms with van der Waals surface area (Å²) in [6.45, 7) is 5.45. The minimum absolute atomic E-state index is 0.302. The second-order valence-corrected chi connectivity index (χ2v) is 8.40. The van der Waals surface area contributed by atoms with Crippen LogP contribution in [0.4, 0.5) is 14.9 Å². The SMILES string of the molecule is COc1ccccc1C1CCc2cc(Br)c(F)cc2N1C(=O)OC(C)(C)C. The van der Waals surface area contributed by atoms with Crippen LogP contribution in [0.5, 0.6) is 5.75 Å². The molecule has 1 heterocycles. The van der Waals surface area contributed by atoms with E-state index in [0.717, 1.165) is 17.5 Å². The fraction of sp³-hybridized carbons (Fsp3) is 0.381. The minimum Gasteiger partial charge on any atom is -0.496 e. The number of ether oxygens (including phenoxy) is 2. The second kappa shape index (κ2) is 7.50. The van der Waals surface area contributed by atoms with E-state index in [1.165, 1.54) is 6.07 Å². The monoisotopic (exact) mass is 435 g/mol. The molecule has 0 aromatic heterocycles. The number of fused-ring (bicyclic) bond motifs is 1. The van der Waals surface area contributed by atoms with Gasteiger partial charge in [-0.3, -0.25) is 4.90 Å². The molecule has 2 aromatic rings. The molecule has 1 amide bonds. The normalized spacial score (nSPS) is 16.7. The average Bonchev–Trinajstić information content (AvgIpc) is 2.60. The molecular weight excluding hydrogens is 413 g/mol. The maximum Gasteiger partial charge on any atom is 0.415 e. The first-order valence-corrected chi connectivity index (χ1v) is 9.63. The molecule has 0 fully saturated rings. The van der Waals surface area contributed by atoms with E-state index in [-0.39, 0.29) is 6.04 Å². The number of anilines is 1. The van der Waals surface area contributed by atoms with Crippen LogP contribution in [0.25, 0.3) is 0 Å². The number of carbonyl (C=O) groups excluding carboxylic acids is 1. The van der Waals surface area contributed by atoms with Crippen LogP contribution in [0.2, 0.25) is 0 Å². The summed E-state index contributed by atoms with van der Waals surface area (Å²) in [5, 5.41) is 0. The van der Waals surface area contributed by atoms with Gasteiger partial charge in [0.1, 0.15) is 17.2 Å². The van der Waals surface area contributed by atoms with E-state index in [4.69, 9.17) is 9.47 Å². The smallest absolute Gasteiger partial charge is 0.415 e. The Kier molecular flexibility index (Phi) is 5.47. The number of hydrogen-bond donors (Lipinski definition) is 0. The molecule has 3 rings (SSSR count). The van der Waals surface area contributed by atoms with Crippen LogP contribution in [0, 0.1) is 5.82 Å². The van der Waals surface area contributed by atoms with Gasteiger partial charge < -0.3 is 9.47 Å². The van der Waals surface area contributed by atoms with Gasteiger partial charge in [-0.1, -0.05) is 18.2 Å². The van der Waals surface area contributed by atoms with Crippen LogP contribution < -0.4 is 9.64 Å². The summed E-state index contributed by atoms with van der Waals surface area (Å²) in [6, 6.07) is 10.4. The van der Waals surface area contributed by atoms with E-state index in [1.54, 1.807) is 18.1 Å². The third-order valence-corrected chi connectivity index (χ3v) is 5.08. The Hall–Kier alpha value is -2.08. The zero-order chi connectivity index (χ0) is 19.8. The van der Waals surface area contributed by atoms with E-state index in [9.17, 15) is 9.18 Å². The molecule has 0 radical (unpaired) electrons. The Labute approximate surface area is 167 Å². The number of amides is 1. The fourth-order valence-corrected chi connectivity index (χ4v) is 3.76. The van der Waals surface area contributed by atoms with E-state index in [1.807, 2.05) is 45.0 Å². The van der Waals surface area contributed by atoms with Crippen LogP contribution in [0.3, 0.4) is 0 Å². The molecule has 6 heteroatoms. The standard InChI is InChI=1S/C21H23BrFNO3/c1-21(2,3)27-20(25)24-17(14-7-5-6-8-19(14)26-4)10-9-13-11-15(22)16(23)12-18(13)24/h5-8,11-12,17H,9-10H2,1-4H3. The van der Waals surface area contributed by atoms with E-state index >= 15 is 0 Å². The highest BCUT2D eigenvalue weighted by Crippen LogP contribution is 2.43. The number of carbonyl (C=O) groups is 1. The summed E-state index contributed by atoms with van der Waals surface area (Å²) in [5.74, 6) is 0.278. The maximum atomic E-state index is 14.3. The highest BCUT2D eigenvalue weighted by Gasteiger charge is 2.36. The third-order valence-electron chi connectivity index (χ3n) is 4.47. The van der Waals surface area contributed by atoms with Crippen molar-refractivity contribution in [3.05, 3.63) is 57.8 Å². The number of halogens is 2. The first kappa shape index (κ1) is 19.7. The molecule has 144 valence electrons. The van der Waals surface area contributed by atoms with Gasteiger partial charge in [-0.25, -0.2) is 9.18 Å². The van der Waals surface area contributed by atoms with E-state index < -0.39 is 17.5 Å². The molecule has 0 N–H and O–H groups in total. The molecular formula is C21H23BrFNO3. The fourth-order valence-electron chi connectivity index (χ4n) is 3.36. The van der Waals surface area contributed by atoms with Crippen molar-refractivity contribution in [1.82, 2.24) is 0 Å². The van der Waals surface area contributed by atoms with Crippen LogP contribution in [-0.2, 0) is 11.2 Å². The number of hydrogen-bond acceptors (Lipinski definition) is 3.